The Labute approximate surface area is 103 Å². The second-order valence-corrected chi connectivity index (χ2v) is 5.05. The molecule has 0 N–H and O–H groups in total. The lowest BCUT2D eigenvalue weighted by Crippen LogP contribution is -2.28. The summed E-state index contributed by atoms with van der Waals surface area (Å²) in [6.45, 7) is 1.62. The normalized spacial score (nSPS) is 28.0. The fraction of sp³-hybridized carbons (Fsp3) is 0.538. The van der Waals surface area contributed by atoms with Gasteiger partial charge in [-0.25, -0.2) is 0 Å². The smallest absolute Gasteiger partial charge is 0.371 e. The summed E-state index contributed by atoms with van der Waals surface area (Å²) in [4.78, 5) is 2.10. The van der Waals surface area contributed by atoms with E-state index in [-0.39, 0.29) is 18.6 Å². The maximum absolute atomic E-state index is 12.9. The van der Waals surface area contributed by atoms with E-state index in [4.69, 9.17) is 4.74 Å². The van der Waals surface area contributed by atoms with E-state index in [0.29, 0.717) is 5.56 Å². The Kier molecular flexibility index (Phi) is 2.64. The van der Waals surface area contributed by atoms with Crippen LogP contribution in [0.1, 0.15) is 22.6 Å². The van der Waals surface area contributed by atoms with Gasteiger partial charge in [0, 0.05) is 19.0 Å². The number of likely N-dealkylation sites (tertiary alicyclic amines) is 1. The van der Waals surface area contributed by atoms with Crippen molar-refractivity contribution in [1.82, 2.24) is 4.90 Å². The van der Waals surface area contributed by atoms with Crippen LogP contribution in [0.15, 0.2) is 18.2 Å². The summed E-state index contributed by atoms with van der Waals surface area (Å²) in [6, 6.07) is 4.45. The van der Waals surface area contributed by atoms with Crippen LogP contribution in [0.3, 0.4) is 0 Å². The minimum absolute atomic E-state index is 0.0333. The molecule has 2 atom stereocenters. The van der Waals surface area contributed by atoms with Gasteiger partial charge in [-0.15, -0.1) is 0 Å². The molecule has 1 aromatic rings. The molecule has 98 valence electrons. The molecule has 0 radical (unpaired) electrons. The molecule has 2 nitrogen and oxygen atoms in total. The van der Waals surface area contributed by atoms with Crippen molar-refractivity contribution in [1.29, 1.82) is 0 Å². The number of hydrogen-bond acceptors (Lipinski definition) is 2. The molecule has 0 saturated carbocycles. The van der Waals surface area contributed by atoms with Crippen LogP contribution in [0.2, 0.25) is 0 Å². The summed E-state index contributed by atoms with van der Waals surface area (Å²) in [6.07, 6.45) is -4.27. The molecule has 2 aliphatic heterocycles. The van der Waals surface area contributed by atoms with E-state index < -0.39 is 11.7 Å². The van der Waals surface area contributed by atoms with Crippen molar-refractivity contribution < 1.29 is 17.9 Å². The minimum Gasteiger partial charge on any atom is -0.371 e. The number of alkyl halides is 3. The summed E-state index contributed by atoms with van der Waals surface area (Å²) in [7, 11) is 1.97. The number of benzene rings is 1. The first-order valence-electron chi connectivity index (χ1n) is 5.96. The lowest BCUT2D eigenvalue weighted by atomic mass is 9.87. The Morgan fingerprint density at radius 1 is 1.28 bits per heavy atom. The molecule has 3 rings (SSSR count). The first-order chi connectivity index (χ1) is 8.47. The third kappa shape index (κ3) is 1.82. The van der Waals surface area contributed by atoms with Crippen LogP contribution in [-0.2, 0) is 17.5 Å². The monoisotopic (exact) mass is 257 g/mol. The zero-order valence-electron chi connectivity index (χ0n) is 10.00. The summed E-state index contributed by atoms with van der Waals surface area (Å²) < 4.78 is 44.4. The number of hydrogen-bond donors (Lipinski definition) is 0. The summed E-state index contributed by atoms with van der Waals surface area (Å²) in [5, 5.41) is 0. The predicted molar refractivity (Wildman–Crippen MR) is 60.3 cm³/mol. The molecule has 1 aromatic carbocycles. The number of ether oxygens (including phenoxy) is 1. The van der Waals surface area contributed by atoms with Crippen molar-refractivity contribution in [3.05, 3.63) is 34.9 Å². The fourth-order valence-electron chi connectivity index (χ4n) is 3.00. The van der Waals surface area contributed by atoms with Gasteiger partial charge in [-0.05, 0) is 24.2 Å². The Morgan fingerprint density at radius 3 is 2.78 bits per heavy atom. The highest BCUT2D eigenvalue weighted by Gasteiger charge is 2.41. The number of rotatable bonds is 0. The standard InChI is InChI=1S/C13H14F3NO/c1-17-5-9-8-3-2-4-11(13(14,15)16)10(8)7-18-12(9)6-17/h2-4,9,12H,5-7H2,1H3/t9-,12-/m1/s1. The third-order valence-corrected chi connectivity index (χ3v) is 3.81. The van der Waals surface area contributed by atoms with Crippen LogP contribution < -0.4 is 0 Å². The lowest BCUT2D eigenvalue weighted by Gasteiger charge is -2.29. The van der Waals surface area contributed by atoms with Gasteiger partial charge in [-0.1, -0.05) is 12.1 Å². The maximum Gasteiger partial charge on any atom is 0.416 e. The zero-order chi connectivity index (χ0) is 12.9. The van der Waals surface area contributed by atoms with Crippen molar-refractivity contribution in [3.8, 4) is 0 Å². The van der Waals surface area contributed by atoms with Crippen LogP contribution in [-0.4, -0.2) is 31.1 Å². The summed E-state index contributed by atoms with van der Waals surface area (Å²) in [5.74, 6) is 0.0704. The van der Waals surface area contributed by atoms with E-state index in [1.807, 2.05) is 13.1 Å². The van der Waals surface area contributed by atoms with Crippen molar-refractivity contribution in [2.24, 2.45) is 0 Å². The van der Waals surface area contributed by atoms with Crippen molar-refractivity contribution in [2.75, 3.05) is 20.1 Å². The van der Waals surface area contributed by atoms with E-state index in [1.165, 1.54) is 6.07 Å². The van der Waals surface area contributed by atoms with Crippen LogP contribution in [0.4, 0.5) is 13.2 Å². The van der Waals surface area contributed by atoms with E-state index in [9.17, 15) is 13.2 Å². The predicted octanol–water partition coefficient (Wildman–Crippen LogP) is 2.63. The van der Waals surface area contributed by atoms with Crippen LogP contribution in [0, 0.1) is 0 Å². The van der Waals surface area contributed by atoms with Gasteiger partial charge in [-0.2, -0.15) is 13.2 Å². The molecule has 1 saturated heterocycles. The molecular weight excluding hydrogens is 243 g/mol. The Hall–Kier alpha value is -1.07. The van der Waals surface area contributed by atoms with E-state index >= 15 is 0 Å². The highest BCUT2D eigenvalue weighted by Crippen LogP contribution is 2.41. The second kappa shape index (κ2) is 3.96. The average molecular weight is 257 g/mol. The Balaban J connectivity index is 2.06. The fourth-order valence-corrected chi connectivity index (χ4v) is 3.00. The molecule has 1 fully saturated rings. The molecule has 0 aromatic heterocycles. The van der Waals surface area contributed by atoms with Crippen LogP contribution >= 0.6 is 0 Å². The quantitative estimate of drug-likeness (QED) is 0.708. The van der Waals surface area contributed by atoms with Crippen LogP contribution in [0.25, 0.3) is 0 Å². The lowest BCUT2D eigenvalue weighted by molar-refractivity contribution is -0.139. The largest absolute Gasteiger partial charge is 0.416 e. The molecule has 2 heterocycles. The molecular formula is C13H14F3NO. The van der Waals surface area contributed by atoms with Gasteiger partial charge in [0.15, 0.2) is 0 Å². The summed E-state index contributed by atoms with van der Waals surface area (Å²) >= 11 is 0. The Morgan fingerprint density at radius 2 is 2.06 bits per heavy atom. The molecule has 0 bridgehead atoms. The highest BCUT2D eigenvalue weighted by molar-refractivity contribution is 5.41. The van der Waals surface area contributed by atoms with E-state index in [0.717, 1.165) is 24.7 Å². The van der Waals surface area contributed by atoms with E-state index in [2.05, 4.69) is 4.90 Å². The molecule has 0 spiro atoms. The second-order valence-electron chi connectivity index (χ2n) is 5.05. The van der Waals surface area contributed by atoms with Gasteiger partial charge >= 0.3 is 6.18 Å². The van der Waals surface area contributed by atoms with Gasteiger partial charge in [0.1, 0.15) is 0 Å². The first-order valence-corrected chi connectivity index (χ1v) is 5.96. The van der Waals surface area contributed by atoms with Gasteiger partial charge in [0.25, 0.3) is 0 Å². The van der Waals surface area contributed by atoms with Gasteiger partial charge in [0.2, 0.25) is 0 Å². The maximum atomic E-state index is 12.9. The molecule has 0 unspecified atom stereocenters. The highest BCUT2D eigenvalue weighted by atomic mass is 19.4. The van der Waals surface area contributed by atoms with Crippen molar-refractivity contribution in [3.63, 3.8) is 0 Å². The SMILES string of the molecule is CN1C[C@@H]2c3cccc(C(F)(F)F)c3CO[C@@H]2C1. The summed E-state index contributed by atoms with van der Waals surface area (Å²) in [5.41, 5.74) is 0.583. The number of likely N-dealkylation sites (N-methyl/N-ethyl adjacent to an activating group) is 1. The molecule has 0 aliphatic carbocycles. The minimum atomic E-state index is -4.30. The molecule has 0 amide bonds. The number of fused-ring (bicyclic) bond motifs is 3. The third-order valence-electron chi connectivity index (χ3n) is 3.81. The topological polar surface area (TPSA) is 12.5 Å². The number of nitrogens with zero attached hydrogens (tertiary/aromatic N) is 1. The van der Waals surface area contributed by atoms with Crippen LogP contribution in [0.5, 0.6) is 0 Å². The average Bonchev–Trinajstić information content (AvgIpc) is 2.67. The van der Waals surface area contributed by atoms with E-state index in [1.54, 1.807) is 0 Å². The van der Waals surface area contributed by atoms with Gasteiger partial charge < -0.3 is 9.64 Å². The molecule has 18 heavy (non-hydrogen) atoms. The Bertz CT molecular complexity index is 472. The van der Waals surface area contributed by atoms with Gasteiger partial charge in [-0.3, -0.25) is 0 Å². The number of halogens is 3. The van der Waals surface area contributed by atoms with Crippen molar-refractivity contribution in [2.45, 2.75) is 24.8 Å². The molecule has 5 heteroatoms. The zero-order valence-corrected chi connectivity index (χ0v) is 10.00. The van der Waals surface area contributed by atoms with Crippen molar-refractivity contribution >= 4 is 0 Å². The first kappa shape index (κ1) is 12.0. The van der Waals surface area contributed by atoms with Gasteiger partial charge in [0.05, 0.1) is 18.3 Å². The molecule has 2 aliphatic rings.